The van der Waals surface area contributed by atoms with E-state index in [4.69, 9.17) is 4.74 Å². The van der Waals surface area contributed by atoms with Gasteiger partial charge in [-0.3, -0.25) is 0 Å². The van der Waals surface area contributed by atoms with Crippen molar-refractivity contribution in [3.63, 3.8) is 0 Å². The molecule has 0 N–H and O–H groups in total. The lowest BCUT2D eigenvalue weighted by molar-refractivity contribution is 0.134. The van der Waals surface area contributed by atoms with Crippen LogP contribution in [0.5, 0.6) is 5.75 Å². The van der Waals surface area contributed by atoms with E-state index in [1.165, 1.54) is 24.0 Å². The minimum Gasteiger partial charge on any atom is -0.493 e. The molecule has 2 bridgehead atoms. The van der Waals surface area contributed by atoms with E-state index in [0.717, 1.165) is 18.3 Å². The fourth-order valence-electron chi connectivity index (χ4n) is 3.98. The molecular formula is C21H22O. The van der Waals surface area contributed by atoms with E-state index in [-0.39, 0.29) is 0 Å². The van der Waals surface area contributed by atoms with Crippen LogP contribution in [-0.2, 0) is 0 Å². The maximum Gasteiger partial charge on any atom is 0.119 e. The molecule has 2 aliphatic rings. The van der Waals surface area contributed by atoms with Crippen molar-refractivity contribution in [3.05, 3.63) is 66.7 Å². The predicted molar refractivity (Wildman–Crippen MR) is 90.8 cm³/mol. The van der Waals surface area contributed by atoms with Gasteiger partial charge in [0, 0.05) is 5.41 Å². The van der Waals surface area contributed by atoms with Gasteiger partial charge in [-0.1, -0.05) is 61.5 Å². The second-order valence-electron chi connectivity index (χ2n) is 7.02. The van der Waals surface area contributed by atoms with Gasteiger partial charge in [-0.15, -0.1) is 0 Å². The average molecular weight is 290 g/mol. The lowest BCUT2D eigenvalue weighted by atomic mass is 9.78. The van der Waals surface area contributed by atoms with Crippen LogP contribution in [0.4, 0.5) is 0 Å². The molecule has 4 rings (SSSR count). The van der Waals surface area contributed by atoms with Gasteiger partial charge < -0.3 is 4.74 Å². The zero-order chi connectivity index (χ0) is 15.0. The Labute approximate surface area is 132 Å². The van der Waals surface area contributed by atoms with Crippen LogP contribution >= 0.6 is 0 Å². The maximum atomic E-state index is 6.10. The van der Waals surface area contributed by atoms with E-state index in [9.17, 15) is 0 Å². The third kappa shape index (κ3) is 2.45. The molecule has 0 heterocycles. The van der Waals surface area contributed by atoms with Crippen molar-refractivity contribution in [2.75, 3.05) is 6.61 Å². The standard InChI is InChI=1S/C21H22O/c1-21(14-16-7-10-19(21)13-16)15-22-20-11-8-18(9-12-20)17-5-3-2-4-6-17/h2-12,16,19H,13-15H2,1H3. The third-order valence-corrected chi connectivity index (χ3v) is 5.33. The summed E-state index contributed by atoms with van der Waals surface area (Å²) in [6.45, 7) is 3.20. The Morgan fingerprint density at radius 1 is 0.955 bits per heavy atom. The lowest BCUT2D eigenvalue weighted by Crippen LogP contribution is -2.29. The van der Waals surface area contributed by atoms with E-state index in [2.05, 4.69) is 67.6 Å². The van der Waals surface area contributed by atoms with Crippen LogP contribution in [0.15, 0.2) is 66.7 Å². The molecule has 3 atom stereocenters. The Kier molecular flexibility index (Phi) is 3.29. The number of hydrogen-bond donors (Lipinski definition) is 0. The second-order valence-corrected chi connectivity index (χ2v) is 7.02. The van der Waals surface area contributed by atoms with Gasteiger partial charge in [0.2, 0.25) is 0 Å². The Bertz CT molecular complexity index is 671. The summed E-state index contributed by atoms with van der Waals surface area (Å²) in [5.41, 5.74) is 2.80. The van der Waals surface area contributed by atoms with Crippen LogP contribution in [0.2, 0.25) is 0 Å². The molecule has 0 saturated heterocycles. The highest BCUT2D eigenvalue weighted by atomic mass is 16.5. The molecule has 1 saturated carbocycles. The molecule has 0 spiro atoms. The molecule has 1 fully saturated rings. The average Bonchev–Trinajstić information content (AvgIpc) is 3.15. The van der Waals surface area contributed by atoms with Crippen molar-refractivity contribution < 1.29 is 4.74 Å². The van der Waals surface area contributed by atoms with Crippen LogP contribution < -0.4 is 4.74 Å². The molecule has 112 valence electrons. The molecule has 0 amide bonds. The third-order valence-electron chi connectivity index (χ3n) is 5.33. The SMILES string of the molecule is CC1(COc2ccc(-c3ccccc3)cc2)CC2C=CC1C2. The van der Waals surface area contributed by atoms with Gasteiger partial charge in [-0.2, -0.15) is 0 Å². The summed E-state index contributed by atoms with van der Waals surface area (Å²) in [6.07, 6.45) is 7.39. The van der Waals surface area contributed by atoms with E-state index in [1.54, 1.807) is 0 Å². The van der Waals surface area contributed by atoms with Gasteiger partial charge in [0.15, 0.2) is 0 Å². The smallest absolute Gasteiger partial charge is 0.119 e. The first-order chi connectivity index (χ1) is 10.7. The monoisotopic (exact) mass is 290 g/mol. The summed E-state index contributed by atoms with van der Waals surface area (Å²) in [4.78, 5) is 0. The first-order valence-corrected chi connectivity index (χ1v) is 8.20. The van der Waals surface area contributed by atoms with Crippen LogP contribution in [-0.4, -0.2) is 6.61 Å². The van der Waals surface area contributed by atoms with Crippen molar-refractivity contribution in [2.45, 2.75) is 19.8 Å². The van der Waals surface area contributed by atoms with E-state index in [1.807, 2.05) is 6.07 Å². The number of benzene rings is 2. The molecule has 2 aromatic carbocycles. The zero-order valence-electron chi connectivity index (χ0n) is 13.0. The Hall–Kier alpha value is -2.02. The minimum absolute atomic E-state index is 0.317. The Morgan fingerprint density at radius 3 is 2.32 bits per heavy atom. The quantitative estimate of drug-likeness (QED) is 0.691. The fraction of sp³-hybridized carbons (Fsp3) is 0.333. The van der Waals surface area contributed by atoms with Gasteiger partial charge in [-0.25, -0.2) is 0 Å². The molecule has 2 aliphatic carbocycles. The summed E-state index contributed by atoms with van der Waals surface area (Å²) in [5.74, 6) is 2.48. The minimum atomic E-state index is 0.317. The van der Waals surface area contributed by atoms with E-state index in [0.29, 0.717) is 11.3 Å². The highest BCUT2D eigenvalue weighted by Gasteiger charge is 2.45. The van der Waals surface area contributed by atoms with Crippen LogP contribution in [0.1, 0.15) is 19.8 Å². The summed E-state index contributed by atoms with van der Waals surface area (Å²) in [6, 6.07) is 18.9. The van der Waals surface area contributed by atoms with Crippen molar-refractivity contribution in [1.82, 2.24) is 0 Å². The Balaban J connectivity index is 1.43. The summed E-state index contributed by atoms with van der Waals surface area (Å²) in [5, 5.41) is 0. The van der Waals surface area contributed by atoms with Gasteiger partial charge in [0.05, 0.1) is 6.61 Å². The van der Waals surface area contributed by atoms with E-state index >= 15 is 0 Å². The van der Waals surface area contributed by atoms with Crippen molar-refractivity contribution in [2.24, 2.45) is 17.3 Å². The molecule has 0 radical (unpaired) electrons. The van der Waals surface area contributed by atoms with Crippen molar-refractivity contribution in [3.8, 4) is 16.9 Å². The van der Waals surface area contributed by atoms with Gasteiger partial charge in [0.1, 0.15) is 5.75 Å². The van der Waals surface area contributed by atoms with E-state index < -0.39 is 0 Å². The van der Waals surface area contributed by atoms with Gasteiger partial charge in [-0.05, 0) is 47.9 Å². The van der Waals surface area contributed by atoms with Crippen LogP contribution in [0.25, 0.3) is 11.1 Å². The highest BCUT2D eigenvalue weighted by Crippen LogP contribution is 2.51. The first-order valence-electron chi connectivity index (χ1n) is 8.20. The molecule has 22 heavy (non-hydrogen) atoms. The van der Waals surface area contributed by atoms with Gasteiger partial charge >= 0.3 is 0 Å². The van der Waals surface area contributed by atoms with Crippen molar-refractivity contribution >= 4 is 0 Å². The van der Waals surface area contributed by atoms with Crippen molar-refractivity contribution in [1.29, 1.82) is 0 Å². The summed E-state index contributed by atoms with van der Waals surface area (Å²) >= 11 is 0. The number of hydrogen-bond acceptors (Lipinski definition) is 1. The number of allylic oxidation sites excluding steroid dienone is 2. The van der Waals surface area contributed by atoms with Crippen LogP contribution in [0.3, 0.4) is 0 Å². The normalized spacial score (nSPS) is 29.0. The summed E-state index contributed by atoms with van der Waals surface area (Å²) < 4.78 is 6.10. The fourth-order valence-corrected chi connectivity index (χ4v) is 3.98. The number of fused-ring (bicyclic) bond motifs is 2. The molecule has 2 aromatic rings. The highest BCUT2D eigenvalue weighted by molar-refractivity contribution is 5.63. The largest absolute Gasteiger partial charge is 0.493 e. The molecule has 1 heteroatoms. The topological polar surface area (TPSA) is 9.23 Å². The number of rotatable bonds is 4. The molecule has 0 aromatic heterocycles. The maximum absolute atomic E-state index is 6.10. The second kappa shape index (κ2) is 5.31. The lowest BCUT2D eigenvalue weighted by Gasteiger charge is -2.31. The molecule has 1 nitrogen and oxygen atoms in total. The molecule has 0 aliphatic heterocycles. The van der Waals surface area contributed by atoms with Crippen LogP contribution in [0, 0.1) is 17.3 Å². The first kappa shape index (κ1) is 13.6. The zero-order valence-corrected chi connectivity index (χ0v) is 13.0. The number of ether oxygens (including phenoxy) is 1. The molecular weight excluding hydrogens is 268 g/mol. The molecule has 3 unspecified atom stereocenters. The predicted octanol–water partition coefficient (Wildman–Crippen LogP) is 5.33. The Morgan fingerprint density at radius 2 is 1.68 bits per heavy atom. The summed E-state index contributed by atoms with van der Waals surface area (Å²) in [7, 11) is 0. The van der Waals surface area contributed by atoms with Gasteiger partial charge in [0.25, 0.3) is 0 Å².